The summed E-state index contributed by atoms with van der Waals surface area (Å²) in [6.45, 7) is 9.59. The lowest BCUT2D eigenvalue weighted by Gasteiger charge is -2.32. The normalized spacial score (nSPS) is 18.9. The van der Waals surface area contributed by atoms with Crippen molar-refractivity contribution in [3.05, 3.63) is 0 Å². The molecule has 1 saturated heterocycles. The van der Waals surface area contributed by atoms with Gasteiger partial charge in [-0.25, -0.2) is 0 Å². The quantitative estimate of drug-likeness (QED) is 0.689. The van der Waals surface area contributed by atoms with Gasteiger partial charge in [0.15, 0.2) is 0 Å². The number of nitrogens with one attached hydrogen (secondary N) is 1. The number of carbonyl (C=O) groups is 1. The summed E-state index contributed by atoms with van der Waals surface area (Å²) in [6, 6.07) is 0. The highest BCUT2D eigenvalue weighted by Gasteiger charge is 2.18. The maximum absolute atomic E-state index is 11.7. The standard InChI is InChI=1S/C13H27N3O2/c1-13(2,11-17)10-14-12(18)4-5-16-8-6-15(3)7-9-16/h17H,4-11H2,1-3H3,(H,14,18). The molecule has 0 unspecified atom stereocenters. The Bertz CT molecular complexity index is 261. The minimum absolute atomic E-state index is 0.0791. The first-order valence-electron chi connectivity index (χ1n) is 6.71. The van der Waals surface area contributed by atoms with Crippen LogP contribution in [0.5, 0.6) is 0 Å². The molecule has 2 N–H and O–H groups in total. The van der Waals surface area contributed by atoms with Crippen LogP contribution in [0, 0.1) is 5.41 Å². The molecule has 0 atom stereocenters. The third kappa shape index (κ3) is 5.80. The highest BCUT2D eigenvalue weighted by molar-refractivity contribution is 5.76. The zero-order valence-electron chi connectivity index (χ0n) is 11.9. The summed E-state index contributed by atoms with van der Waals surface area (Å²) >= 11 is 0. The zero-order chi connectivity index (χ0) is 13.6. The Morgan fingerprint density at radius 1 is 1.28 bits per heavy atom. The Kier molecular flexibility index (Phi) is 6.05. The van der Waals surface area contributed by atoms with Crippen molar-refractivity contribution >= 4 is 5.91 Å². The van der Waals surface area contributed by atoms with Crippen LogP contribution in [0.2, 0.25) is 0 Å². The van der Waals surface area contributed by atoms with E-state index in [1.165, 1.54) is 0 Å². The van der Waals surface area contributed by atoms with Crippen molar-refractivity contribution in [1.82, 2.24) is 15.1 Å². The van der Waals surface area contributed by atoms with Crippen LogP contribution >= 0.6 is 0 Å². The number of carbonyl (C=O) groups excluding carboxylic acids is 1. The van der Waals surface area contributed by atoms with Gasteiger partial charge in [-0.15, -0.1) is 0 Å². The van der Waals surface area contributed by atoms with E-state index < -0.39 is 0 Å². The van der Waals surface area contributed by atoms with Gasteiger partial charge in [-0.05, 0) is 7.05 Å². The van der Waals surface area contributed by atoms with Gasteiger partial charge in [0.25, 0.3) is 0 Å². The maximum Gasteiger partial charge on any atom is 0.221 e. The van der Waals surface area contributed by atoms with Crippen molar-refractivity contribution in [3.8, 4) is 0 Å². The molecule has 0 saturated carbocycles. The second-order valence-electron chi connectivity index (χ2n) is 5.99. The maximum atomic E-state index is 11.7. The van der Waals surface area contributed by atoms with Gasteiger partial charge in [-0.1, -0.05) is 13.8 Å². The van der Waals surface area contributed by atoms with Crippen molar-refractivity contribution in [2.24, 2.45) is 5.41 Å². The number of likely N-dealkylation sites (N-methyl/N-ethyl adjacent to an activating group) is 1. The van der Waals surface area contributed by atoms with Crippen LogP contribution in [0.3, 0.4) is 0 Å². The predicted octanol–water partition coefficient (Wildman–Crippen LogP) is -0.241. The van der Waals surface area contributed by atoms with Gasteiger partial charge < -0.3 is 20.2 Å². The molecule has 0 aromatic heterocycles. The highest BCUT2D eigenvalue weighted by atomic mass is 16.3. The van der Waals surface area contributed by atoms with Gasteiger partial charge in [0.1, 0.15) is 0 Å². The van der Waals surface area contributed by atoms with E-state index in [1.54, 1.807) is 0 Å². The summed E-state index contributed by atoms with van der Waals surface area (Å²) < 4.78 is 0. The number of rotatable bonds is 6. The molecule has 0 aromatic rings. The van der Waals surface area contributed by atoms with Crippen LogP contribution in [0.15, 0.2) is 0 Å². The van der Waals surface area contributed by atoms with Crippen LogP contribution in [0.1, 0.15) is 20.3 Å². The number of nitrogens with zero attached hydrogens (tertiary/aromatic N) is 2. The molecule has 0 aliphatic carbocycles. The SMILES string of the molecule is CN1CCN(CCC(=O)NCC(C)(C)CO)CC1. The third-order valence-corrected chi connectivity index (χ3v) is 3.44. The van der Waals surface area contributed by atoms with Gasteiger partial charge >= 0.3 is 0 Å². The summed E-state index contributed by atoms with van der Waals surface area (Å²) in [5.41, 5.74) is -0.233. The average Bonchev–Trinajstić information content (AvgIpc) is 2.36. The fourth-order valence-corrected chi connectivity index (χ4v) is 1.81. The van der Waals surface area contributed by atoms with Gasteiger partial charge in [-0.3, -0.25) is 4.79 Å². The fraction of sp³-hybridized carbons (Fsp3) is 0.923. The lowest BCUT2D eigenvalue weighted by molar-refractivity contribution is -0.122. The molecule has 5 heteroatoms. The largest absolute Gasteiger partial charge is 0.396 e. The molecule has 1 aliphatic heterocycles. The van der Waals surface area contributed by atoms with E-state index in [1.807, 2.05) is 13.8 Å². The summed E-state index contributed by atoms with van der Waals surface area (Å²) in [4.78, 5) is 16.3. The number of aliphatic hydroxyl groups is 1. The number of hydrogen-bond donors (Lipinski definition) is 2. The molecule has 1 fully saturated rings. The average molecular weight is 257 g/mol. The number of aliphatic hydroxyl groups excluding tert-OH is 1. The predicted molar refractivity (Wildman–Crippen MR) is 72.4 cm³/mol. The monoisotopic (exact) mass is 257 g/mol. The molecule has 1 aliphatic rings. The molecule has 106 valence electrons. The number of piperazine rings is 1. The van der Waals surface area contributed by atoms with Gasteiger partial charge in [0, 0.05) is 57.7 Å². The molecule has 1 rings (SSSR count). The molecule has 1 heterocycles. The van der Waals surface area contributed by atoms with E-state index in [2.05, 4.69) is 22.2 Å². The molecule has 1 amide bonds. The van der Waals surface area contributed by atoms with Crippen LogP contribution in [-0.4, -0.2) is 73.7 Å². The summed E-state index contributed by atoms with van der Waals surface area (Å²) in [5, 5.41) is 12.0. The Hall–Kier alpha value is -0.650. The first kappa shape index (κ1) is 15.4. The number of amides is 1. The summed E-state index contributed by atoms with van der Waals surface area (Å²) in [6.07, 6.45) is 0.547. The van der Waals surface area contributed by atoms with Crippen LogP contribution in [0.25, 0.3) is 0 Å². The highest BCUT2D eigenvalue weighted by Crippen LogP contribution is 2.11. The van der Waals surface area contributed by atoms with Crippen LogP contribution in [0.4, 0.5) is 0 Å². The van der Waals surface area contributed by atoms with Gasteiger partial charge in [0.2, 0.25) is 5.91 Å². The van der Waals surface area contributed by atoms with Gasteiger partial charge in [0.05, 0.1) is 0 Å². The Morgan fingerprint density at radius 2 is 1.89 bits per heavy atom. The van der Waals surface area contributed by atoms with Crippen molar-refractivity contribution in [3.63, 3.8) is 0 Å². The van der Waals surface area contributed by atoms with Crippen molar-refractivity contribution < 1.29 is 9.90 Å². The van der Waals surface area contributed by atoms with Crippen molar-refractivity contribution in [1.29, 1.82) is 0 Å². The second-order valence-corrected chi connectivity index (χ2v) is 5.99. The Labute approximate surface area is 110 Å². The molecule has 0 radical (unpaired) electrons. The van der Waals surface area contributed by atoms with E-state index in [4.69, 9.17) is 5.11 Å². The lowest BCUT2D eigenvalue weighted by Crippen LogP contribution is -2.45. The minimum Gasteiger partial charge on any atom is -0.396 e. The first-order chi connectivity index (χ1) is 8.43. The fourth-order valence-electron chi connectivity index (χ4n) is 1.81. The minimum atomic E-state index is -0.233. The van der Waals surface area contributed by atoms with E-state index in [0.717, 1.165) is 32.7 Å². The van der Waals surface area contributed by atoms with Crippen molar-refractivity contribution in [2.45, 2.75) is 20.3 Å². The summed E-state index contributed by atoms with van der Waals surface area (Å²) in [7, 11) is 2.13. The Balaban J connectivity index is 2.13. The van der Waals surface area contributed by atoms with Gasteiger partial charge in [-0.2, -0.15) is 0 Å². The molecular weight excluding hydrogens is 230 g/mol. The number of hydrogen-bond acceptors (Lipinski definition) is 4. The summed E-state index contributed by atoms with van der Waals surface area (Å²) in [5.74, 6) is 0.0791. The first-order valence-corrected chi connectivity index (χ1v) is 6.71. The Morgan fingerprint density at radius 3 is 2.44 bits per heavy atom. The molecular formula is C13H27N3O2. The second kappa shape index (κ2) is 7.07. The molecule has 0 aromatic carbocycles. The van der Waals surface area contributed by atoms with E-state index in [-0.39, 0.29) is 17.9 Å². The smallest absolute Gasteiger partial charge is 0.221 e. The molecule has 0 bridgehead atoms. The molecule has 5 nitrogen and oxygen atoms in total. The molecule has 0 spiro atoms. The van der Waals surface area contributed by atoms with Crippen molar-refractivity contribution in [2.75, 3.05) is 52.9 Å². The van der Waals surface area contributed by atoms with Crippen LogP contribution < -0.4 is 5.32 Å². The van der Waals surface area contributed by atoms with Crippen LogP contribution in [-0.2, 0) is 4.79 Å². The van der Waals surface area contributed by atoms with E-state index >= 15 is 0 Å². The van der Waals surface area contributed by atoms with E-state index in [9.17, 15) is 4.79 Å². The zero-order valence-corrected chi connectivity index (χ0v) is 11.9. The van der Waals surface area contributed by atoms with E-state index in [0.29, 0.717) is 13.0 Å². The lowest BCUT2D eigenvalue weighted by atomic mass is 9.95. The third-order valence-electron chi connectivity index (χ3n) is 3.44. The topological polar surface area (TPSA) is 55.8 Å². The molecule has 18 heavy (non-hydrogen) atoms.